The summed E-state index contributed by atoms with van der Waals surface area (Å²) >= 11 is 1.25. The highest BCUT2D eigenvalue weighted by Crippen LogP contribution is 2.42. The van der Waals surface area contributed by atoms with Crippen molar-refractivity contribution in [2.75, 3.05) is 20.0 Å². The van der Waals surface area contributed by atoms with Gasteiger partial charge in [-0.1, -0.05) is 18.2 Å². The van der Waals surface area contributed by atoms with Gasteiger partial charge in [-0.25, -0.2) is 0 Å². The first-order valence-corrected chi connectivity index (χ1v) is 8.60. The molecule has 0 bridgehead atoms. The molecule has 1 aromatic carbocycles. The number of ether oxygens (including phenoxy) is 2. The Kier molecular flexibility index (Phi) is 5.88. The average molecular weight is 346 g/mol. The Hall–Kier alpha value is -2.46. The molecule has 24 heavy (non-hydrogen) atoms. The van der Waals surface area contributed by atoms with Crippen molar-refractivity contribution in [3.05, 3.63) is 40.4 Å². The van der Waals surface area contributed by atoms with Crippen LogP contribution >= 0.6 is 11.8 Å². The smallest absolute Gasteiger partial charge is 0.319 e. The van der Waals surface area contributed by atoms with Gasteiger partial charge in [-0.15, -0.1) is 11.8 Å². The first kappa shape index (κ1) is 17.9. The Morgan fingerprint density at radius 2 is 2.12 bits per heavy atom. The van der Waals surface area contributed by atoms with Gasteiger partial charge in [0, 0.05) is 11.5 Å². The van der Waals surface area contributed by atoms with Crippen molar-refractivity contribution < 1.29 is 19.1 Å². The van der Waals surface area contributed by atoms with Crippen LogP contribution in [0.5, 0.6) is 5.75 Å². The summed E-state index contributed by atoms with van der Waals surface area (Å²) in [7, 11) is 1.22. The molecule has 7 heteroatoms. The zero-order valence-electron chi connectivity index (χ0n) is 13.7. The number of carbonyl (C=O) groups is 2. The number of nitrogens with zero attached hydrogens (tertiary/aromatic N) is 1. The Bertz CT molecular complexity index is 724. The molecule has 1 aliphatic heterocycles. The van der Waals surface area contributed by atoms with Crippen molar-refractivity contribution in [3.8, 4) is 11.8 Å². The molecule has 1 N–H and O–H groups in total. The second kappa shape index (κ2) is 7.88. The van der Waals surface area contributed by atoms with Crippen molar-refractivity contribution in [2.45, 2.75) is 12.8 Å². The fraction of sp³-hybridized carbons (Fsp3) is 0.353. The lowest BCUT2D eigenvalue weighted by Crippen LogP contribution is -2.44. The molecule has 1 unspecified atom stereocenters. The normalized spacial score (nSPS) is 20.2. The second-order valence-electron chi connectivity index (χ2n) is 5.00. The third-order valence-corrected chi connectivity index (χ3v) is 4.47. The molecule has 1 amide bonds. The predicted molar refractivity (Wildman–Crippen MR) is 90.2 cm³/mol. The lowest BCUT2D eigenvalue weighted by atomic mass is 9.78. The van der Waals surface area contributed by atoms with Crippen molar-refractivity contribution >= 4 is 23.6 Å². The summed E-state index contributed by atoms with van der Waals surface area (Å²) in [5.41, 5.74) is 0.942. The molecule has 2 rings (SSSR count). The maximum atomic E-state index is 12.5. The van der Waals surface area contributed by atoms with E-state index in [0.29, 0.717) is 28.5 Å². The van der Waals surface area contributed by atoms with E-state index >= 15 is 0 Å². The third kappa shape index (κ3) is 3.24. The average Bonchev–Trinajstić information content (AvgIpc) is 2.60. The molecule has 0 aromatic heterocycles. The molecule has 0 saturated heterocycles. The van der Waals surface area contributed by atoms with Gasteiger partial charge >= 0.3 is 5.97 Å². The minimum Gasteiger partial charge on any atom is -0.494 e. The summed E-state index contributed by atoms with van der Waals surface area (Å²) in [6.07, 6.45) is 1.76. The van der Waals surface area contributed by atoms with E-state index in [1.54, 1.807) is 30.5 Å². The molecule has 1 heterocycles. The van der Waals surface area contributed by atoms with Crippen LogP contribution in [0, 0.1) is 17.2 Å². The number of esters is 1. The van der Waals surface area contributed by atoms with Crippen LogP contribution in [0.2, 0.25) is 0 Å². The molecular weight excluding hydrogens is 328 g/mol. The Morgan fingerprint density at radius 3 is 2.71 bits per heavy atom. The molecule has 126 valence electrons. The van der Waals surface area contributed by atoms with Crippen molar-refractivity contribution in [3.63, 3.8) is 0 Å². The monoisotopic (exact) mass is 346 g/mol. The number of allylic oxidation sites excluding steroid dienone is 1. The number of methoxy groups -OCH3 is 1. The van der Waals surface area contributed by atoms with E-state index in [-0.39, 0.29) is 0 Å². The Labute approximate surface area is 144 Å². The van der Waals surface area contributed by atoms with Gasteiger partial charge in [0.1, 0.15) is 11.7 Å². The number of hydrogen-bond donors (Lipinski definition) is 1. The SMILES string of the molecule is CCOc1ccccc1C1C(C#N)=C(SC)NC(=O)[C@H]1C(=O)OC. The summed E-state index contributed by atoms with van der Waals surface area (Å²) in [5.74, 6) is -2.51. The van der Waals surface area contributed by atoms with Gasteiger partial charge in [0.05, 0.1) is 30.4 Å². The van der Waals surface area contributed by atoms with E-state index in [1.807, 2.05) is 6.92 Å². The zero-order valence-corrected chi connectivity index (χ0v) is 14.5. The minimum atomic E-state index is -1.14. The summed E-state index contributed by atoms with van der Waals surface area (Å²) in [4.78, 5) is 24.7. The van der Waals surface area contributed by atoms with E-state index in [2.05, 4.69) is 11.4 Å². The topological polar surface area (TPSA) is 88.4 Å². The summed E-state index contributed by atoms with van der Waals surface area (Å²) in [6, 6.07) is 9.24. The number of carbonyl (C=O) groups excluding carboxylic acids is 2. The quantitative estimate of drug-likeness (QED) is 0.649. The maximum Gasteiger partial charge on any atom is 0.319 e. The van der Waals surface area contributed by atoms with Crippen LogP contribution in [-0.4, -0.2) is 31.8 Å². The van der Waals surface area contributed by atoms with Crippen LogP contribution in [0.1, 0.15) is 18.4 Å². The van der Waals surface area contributed by atoms with Gasteiger partial charge in [0.2, 0.25) is 5.91 Å². The van der Waals surface area contributed by atoms with Gasteiger partial charge in [-0.05, 0) is 19.2 Å². The number of thioether (sulfide) groups is 1. The molecule has 1 aliphatic rings. The molecule has 0 aliphatic carbocycles. The molecule has 2 atom stereocenters. The third-order valence-electron chi connectivity index (χ3n) is 3.74. The van der Waals surface area contributed by atoms with Crippen molar-refractivity contribution in [1.29, 1.82) is 5.26 Å². The largest absolute Gasteiger partial charge is 0.494 e. The van der Waals surface area contributed by atoms with E-state index in [9.17, 15) is 14.9 Å². The van der Waals surface area contributed by atoms with Gasteiger partial charge < -0.3 is 14.8 Å². The number of hydrogen-bond acceptors (Lipinski definition) is 6. The van der Waals surface area contributed by atoms with E-state index in [1.165, 1.54) is 18.9 Å². The highest BCUT2D eigenvalue weighted by Gasteiger charge is 2.45. The lowest BCUT2D eigenvalue weighted by Gasteiger charge is -2.31. The standard InChI is InChI=1S/C17H18N2O4S/c1-4-23-12-8-6-5-7-10(12)13-11(9-18)16(24-3)19-15(20)14(13)17(21)22-2/h5-8,13-14H,4H2,1-3H3,(H,19,20)/t13?,14-/m0/s1. The fourth-order valence-electron chi connectivity index (χ4n) is 2.73. The Balaban J connectivity index is 2.69. The first-order chi connectivity index (χ1) is 11.6. The Morgan fingerprint density at radius 1 is 1.42 bits per heavy atom. The lowest BCUT2D eigenvalue weighted by molar-refractivity contribution is -0.150. The molecule has 0 spiro atoms. The molecule has 0 radical (unpaired) electrons. The maximum absolute atomic E-state index is 12.5. The van der Waals surface area contributed by atoms with Gasteiger partial charge in [-0.2, -0.15) is 5.26 Å². The zero-order chi connectivity index (χ0) is 17.7. The summed E-state index contributed by atoms with van der Waals surface area (Å²) in [5, 5.41) is 12.7. The first-order valence-electron chi connectivity index (χ1n) is 7.37. The van der Waals surface area contributed by atoms with Crippen LogP contribution in [0.3, 0.4) is 0 Å². The van der Waals surface area contributed by atoms with Crippen LogP contribution in [0.4, 0.5) is 0 Å². The van der Waals surface area contributed by atoms with Crippen LogP contribution in [-0.2, 0) is 14.3 Å². The summed E-state index contributed by atoms with van der Waals surface area (Å²) < 4.78 is 10.4. The highest BCUT2D eigenvalue weighted by molar-refractivity contribution is 8.02. The molecule has 1 aromatic rings. The number of nitrogens with one attached hydrogen (secondary N) is 1. The van der Waals surface area contributed by atoms with E-state index in [4.69, 9.17) is 9.47 Å². The molecule has 0 fully saturated rings. The van der Waals surface area contributed by atoms with E-state index in [0.717, 1.165) is 0 Å². The van der Waals surface area contributed by atoms with Gasteiger partial charge in [0.25, 0.3) is 0 Å². The number of amides is 1. The second-order valence-corrected chi connectivity index (χ2v) is 5.81. The van der Waals surface area contributed by atoms with Crippen LogP contribution < -0.4 is 10.1 Å². The van der Waals surface area contributed by atoms with E-state index < -0.39 is 23.7 Å². The van der Waals surface area contributed by atoms with Crippen LogP contribution in [0.25, 0.3) is 0 Å². The van der Waals surface area contributed by atoms with Gasteiger partial charge in [0.15, 0.2) is 0 Å². The number of benzene rings is 1. The minimum absolute atomic E-state index is 0.324. The number of para-hydroxylation sites is 1. The molecule has 6 nitrogen and oxygen atoms in total. The highest BCUT2D eigenvalue weighted by atomic mass is 32.2. The number of nitriles is 1. The molecular formula is C17H18N2O4S. The van der Waals surface area contributed by atoms with Crippen molar-refractivity contribution in [1.82, 2.24) is 5.32 Å². The fourth-order valence-corrected chi connectivity index (χ4v) is 3.32. The molecule has 0 saturated carbocycles. The van der Waals surface area contributed by atoms with Crippen LogP contribution in [0.15, 0.2) is 34.9 Å². The summed E-state index contributed by atoms with van der Waals surface area (Å²) in [6.45, 7) is 2.27. The van der Waals surface area contributed by atoms with Crippen molar-refractivity contribution in [2.24, 2.45) is 5.92 Å². The number of rotatable bonds is 5. The van der Waals surface area contributed by atoms with Gasteiger partial charge in [-0.3, -0.25) is 9.59 Å². The predicted octanol–water partition coefficient (Wildman–Crippen LogP) is 2.19.